The van der Waals surface area contributed by atoms with E-state index < -0.39 is 11.2 Å². The standard InChI is InChI=1S/C15H16FN3O/c1-15(2,3)14(20)19-12-7-6-10(9-18-12)13-11(16)5-4-8-17-13/h4-9H,1-3H3,(H,18,19,20). The Bertz CT molecular complexity index is 618. The third-order valence-electron chi connectivity index (χ3n) is 2.72. The maximum absolute atomic E-state index is 13.6. The molecule has 0 fully saturated rings. The molecule has 0 aliphatic carbocycles. The van der Waals surface area contributed by atoms with E-state index in [9.17, 15) is 9.18 Å². The molecule has 0 aromatic carbocycles. The van der Waals surface area contributed by atoms with E-state index in [4.69, 9.17) is 0 Å². The van der Waals surface area contributed by atoms with Crippen molar-refractivity contribution in [2.45, 2.75) is 20.8 Å². The van der Waals surface area contributed by atoms with Crippen LogP contribution in [0, 0.1) is 11.2 Å². The number of amides is 1. The molecule has 2 heterocycles. The monoisotopic (exact) mass is 273 g/mol. The van der Waals surface area contributed by atoms with E-state index in [0.717, 1.165) is 0 Å². The second-order valence-corrected chi connectivity index (χ2v) is 5.47. The summed E-state index contributed by atoms with van der Waals surface area (Å²) < 4.78 is 13.6. The minimum atomic E-state index is -0.493. The van der Waals surface area contributed by atoms with Gasteiger partial charge < -0.3 is 5.32 Å². The largest absolute Gasteiger partial charge is 0.310 e. The molecule has 20 heavy (non-hydrogen) atoms. The van der Waals surface area contributed by atoms with Crippen molar-refractivity contribution in [3.8, 4) is 11.3 Å². The van der Waals surface area contributed by atoms with Crippen LogP contribution < -0.4 is 5.32 Å². The predicted octanol–water partition coefficient (Wildman–Crippen LogP) is 3.27. The molecule has 0 radical (unpaired) electrons. The Hall–Kier alpha value is -2.30. The second kappa shape index (κ2) is 5.36. The molecule has 1 N–H and O–H groups in total. The molecule has 2 aromatic rings. The summed E-state index contributed by atoms with van der Waals surface area (Å²) in [6, 6.07) is 6.19. The minimum absolute atomic E-state index is 0.123. The van der Waals surface area contributed by atoms with E-state index in [1.807, 2.05) is 20.8 Å². The first-order valence-corrected chi connectivity index (χ1v) is 6.26. The number of nitrogens with one attached hydrogen (secondary N) is 1. The minimum Gasteiger partial charge on any atom is -0.310 e. The molecule has 0 saturated heterocycles. The van der Waals surface area contributed by atoms with Crippen LogP contribution in [0.1, 0.15) is 20.8 Å². The highest BCUT2D eigenvalue weighted by molar-refractivity contribution is 5.93. The summed E-state index contributed by atoms with van der Waals surface area (Å²) >= 11 is 0. The van der Waals surface area contributed by atoms with Crippen LogP contribution in [0.5, 0.6) is 0 Å². The van der Waals surface area contributed by atoms with Gasteiger partial charge >= 0.3 is 0 Å². The van der Waals surface area contributed by atoms with Crippen molar-refractivity contribution in [1.82, 2.24) is 9.97 Å². The summed E-state index contributed by atoms with van der Waals surface area (Å²) in [6.07, 6.45) is 3.01. The lowest BCUT2D eigenvalue weighted by molar-refractivity contribution is -0.123. The van der Waals surface area contributed by atoms with Crippen LogP contribution in [0.2, 0.25) is 0 Å². The third kappa shape index (κ3) is 3.17. The highest BCUT2D eigenvalue weighted by atomic mass is 19.1. The molecule has 0 atom stereocenters. The van der Waals surface area contributed by atoms with Gasteiger partial charge in [0.05, 0.1) is 0 Å². The Labute approximate surface area is 117 Å². The van der Waals surface area contributed by atoms with Crippen LogP contribution in [-0.4, -0.2) is 15.9 Å². The Balaban J connectivity index is 2.19. The fourth-order valence-electron chi connectivity index (χ4n) is 1.51. The molecule has 1 amide bonds. The zero-order chi connectivity index (χ0) is 14.8. The topological polar surface area (TPSA) is 54.9 Å². The number of carbonyl (C=O) groups excluding carboxylic acids is 1. The average molecular weight is 273 g/mol. The van der Waals surface area contributed by atoms with Crippen LogP contribution in [0.25, 0.3) is 11.3 Å². The van der Waals surface area contributed by atoms with Crippen LogP contribution in [0.15, 0.2) is 36.7 Å². The Morgan fingerprint density at radius 1 is 1.20 bits per heavy atom. The molecule has 0 aliphatic rings. The molecule has 4 nitrogen and oxygen atoms in total. The molecular formula is C15H16FN3O. The summed E-state index contributed by atoms with van der Waals surface area (Å²) in [6.45, 7) is 5.46. The zero-order valence-electron chi connectivity index (χ0n) is 11.6. The first-order valence-electron chi connectivity index (χ1n) is 6.26. The Morgan fingerprint density at radius 2 is 1.95 bits per heavy atom. The molecule has 2 aromatic heterocycles. The van der Waals surface area contributed by atoms with Gasteiger partial charge in [0.25, 0.3) is 0 Å². The molecule has 0 bridgehead atoms. The van der Waals surface area contributed by atoms with Gasteiger partial charge in [-0.15, -0.1) is 0 Å². The summed E-state index contributed by atoms with van der Waals surface area (Å²) in [4.78, 5) is 19.9. The second-order valence-electron chi connectivity index (χ2n) is 5.47. The number of rotatable bonds is 2. The fraction of sp³-hybridized carbons (Fsp3) is 0.267. The Kier molecular flexibility index (Phi) is 3.79. The van der Waals surface area contributed by atoms with Crippen molar-refractivity contribution >= 4 is 11.7 Å². The van der Waals surface area contributed by atoms with Crippen LogP contribution >= 0.6 is 0 Å². The van der Waals surface area contributed by atoms with Crippen LogP contribution in [-0.2, 0) is 4.79 Å². The summed E-state index contributed by atoms with van der Waals surface area (Å²) in [5.41, 5.74) is 0.318. The van der Waals surface area contributed by atoms with E-state index >= 15 is 0 Å². The summed E-state index contributed by atoms with van der Waals surface area (Å²) in [7, 11) is 0. The Morgan fingerprint density at radius 3 is 2.50 bits per heavy atom. The maximum Gasteiger partial charge on any atom is 0.230 e. The van der Waals surface area contributed by atoms with Gasteiger partial charge in [-0.3, -0.25) is 9.78 Å². The third-order valence-corrected chi connectivity index (χ3v) is 2.72. The van der Waals surface area contributed by atoms with E-state index in [0.29, 0.717) is 11.4 Å². The number of nitrogens with zero attached hydrogens (tertiary/aromatic N) is 2. The number of pyridine rings is 2. The SMILES string of the molecule is CC(C)(C)C(=O)Nc1ccc(-c2ncccc2F)cn1. The van der Waals surface area contributed by atoms with Crippen LogP contribution in [0.3, 0.4) is 0 Å². The highest BCUT2D eigenvalue weighted by Gasteiger charge is 2.21. The van der Waals surface area contributed by atoms with Gasteiger partial charge in [-0.05, 0) is 24.3 Å². The van der Waals surface area contributed by atoms with Gasteiger partial charge in [0, 0.05) is 23.4 Å². The van der Waals surface area contributed by atoms with Gasteiger partial charge in [0.2, 0.25) is 5.91 Å². The highest BCUT2D eigenvalue weighted by Crippen LogP contribution is 2.21. The number of hydrogen-bond acceptors (Lipinski definition) is 3. The van der Waals surface area contributed by atoms with Crippen LogP contribution in [0.4, 0.5) is 10.2 Å². The van der Waals surface area contributed by atoms with Crippen molar-refractivity contribution in [2.24, 2.45) is 5.41 Å². The van der Waals surface area contributed by atoms with E-state index in [1.165, 1.54) is 24.5 Å². The lowest BCUT2D eigenvalue weighted by atomic mass is 9.96. The molecule has 0 saturated carbocycles. The number of anilines is 1. The number of aromatic nitrogens is 2. The van der Waals surface area contributed by atoms with E-state index in [1.54, 1.807) is 12.1 Å². The summed E-state index contributed by atoms with van der Waals surface area (Å²) in [5.74, 6) is -0.0902. The fourth-order valence-corrected chi connectivity index (χ4v) is 1.51. The zero-order valence-corrected chi connectivity index (χ0v) is 11.6. The van der Waals surface area contributed by atoms with Crippen molar-refractivity contribution in [3.63, 3.8) is 0 Å². The molecule has 5 heteroatoms. The van der Waals surface area contributed by atoms with Gasteiger partial charge in [0.1, 0.15) is 17.3 Å². The molecule has 0 spiro atoms. The lowest BCUT2D eigenvalue weighted by Crippen LogP contribution is -2.27. The van der Waals surface area contributed by atoms with E-state index in [2.05, 4.69) is 15.3 Å². The molecule has 104 valence electrons. The first kappa shape index (κ1) is 14.1. The van der Waals surface area contributed by atoms with E-state index in [-0.39, 0.29) is 11.6 Å². The first-order chi connectivity index (χ1) is 9.38. The maximum atomic E-state index is 13.6. The molecule has 0 unspecified atom stereocenters. The predicted molar refractivity (Wildman–Crippen MR) is 75.5 cm³/mol. The van der Waals surface area contributed by atoms with Gasteiger partial charge in [-0.2, -0.15) is 0 Å². The number of hydrogen-bond donors (Lipinski definition) is 1. The van der Waals surface area contributed by atoms with Gasteiger partial charge in [0.15, 0.2) is 0 Å². The van der Waals surface area contributed by atoms with Crippen molar-refractivity contribution in [3.05, 3.63) is 42.5 Å². The smallest absolute Gasteiger partial charge is 0.230 e. The number of halogens is 1. The van der Waals surface area contributed by atoms with Gasteiger partial charge in [-0.25, -0.2) is 9.37 Å². The number of carbonyl (C=O) groups is 1. The summed E-state index contributed by atoms with van der Waals surface area (Å²) in [5, 5.41) is 2.71. The van der Waals surface area contributed by atoms with Gasteiger partial charge in [-0.1, -0.05) is 20.8 Å². The van der Waals surface area contributed by atoms with Crippen molar-refractivity contribution in [1.29, 1.82) is 0 Å². The van der Waals surface area contributed by atoms with Crippen molar-refractivity contribution in [2.75, 3.05) is 5.32 Å². The molecule has 2 rings (SSSR count). The molecular weight excluding hydrogens is 257 g/mol. The molecule has 0 aliphatic heterocycles. The normalized spacial score (nSPS) is 11.2. The average Bonchev–Trinajstić information content (AvgIpc) is 2.39. The lowest BCUT2D eigenvalue weighted by Gasteiger charge is -2.17. The van der Waals surface area contributed by atoms with Crippen molar-refractivity contribution < 1.29 is 9.18 Å². The quantitative estimate of drug-likeness (QED) is 0.913.